The van der Waals surface area contributed by atoms with E-state index in [4.69, 9.17) is 16.3 Å². The van der Waals surface area contributed by atoms with E-state index in [1.54, 1.807) is 12.1 Å². The van der Waals surface area contributed by atoms with Crippen LogP contribution in [0.3, 0.4) is 0 Å². The fraction of sp³-hybridized carbons (Fsp3) is 0.174. The molecule has 0 saturated heterocycles. The van der Waals surface area contributed by atoms with Crippen LogP contribution < -0.4 is 10.1 Å². The van der Waals surface area contributed by atoms with Crippen LogP contribution in [-0.2, 0) is 4.79 Å². The summed E-state index contributed by atoms with van der Waals surface area (Å²) < 4.78 is 7.71. The van der Waals surface area contributed by atoms with E-state index in [1.165, 1.54) is 0 Å². The van der Waals surface area contributed by atoms with Gasteiger partial charge >= 0.3 is 0 Å². The van der Waals surface area contributed by atoms with Crippen molar-refractivity contribution in [2.75, 3.05) is 11.9 Å². The molecule has 1 aliphatic rings. The second-order valence-corrected chi connectivity index (χ2v) is 7.23. The first-order valence-corrected chi connectivity index (χ1v) is 9.61. The van der Waals surface area contributed by atoms with Gasteiger partial charge in [0.05, 0.1) is 12.3 Å². The SMILES string of the molecule is CCOc1ccc(-n2c(C)cc(/C=C3\C(=O)Nc4cc(Cl)ccc43)c2C)cc1. The van der Waals surface area contributed by atoms with E-state index >= 15 is 0 Å². The van der Waals surface area contributed by atoms with E-state index in [0.717, 1.165) is 39.6 Å². The molecule has 1 amide bonds. The lowest BCUT2D eigenvalue weighted by molar-refractivity contribution is -0.110. The Morgan fingerprint density at radius 2 is 1.86 bits per heavy atom. The van der Waals surface area contributed by atoms with Gasteiger partial charge in [0.25, 0.3) is 5.91 Å². The molecule has 1 N–H and O–H groups in total. The number of aryl methyl sites for hydroxylation is 1. The Hall–Kier alpha value is -2.98. The number of nitrogens with zero attached hydrogens (tertiary/aromatic N) is 1. The van der Waals surface area contributed by atoms with Crippen molar-refractivity contribution in [2.45, 2.75) is 20.8 Å². The van der Waals surface area contributed by atoms with Crippen molar-refractivity contribution in [1.82, 2.24) is 4.57 Å². The van der Waals surface area contributed by atoms with Gasteiger partial charge in [-0.1, -0.05) is 17.7 Å². The highest BCUT2D eigenvalue weighted by Gasteiger charge is 2.24. The molecule has 0 spiro atoms. The summed E-state index contributed by atoms with van der Waals surface area (Å²) in [6.07, 6.45) is 1.95. The van der Waals surface area contributed by atoms with Gasteiger partial charge in [0.15, 0.2) is 0 Å². The van der Waals surface area contributed by atoms with E-state index in [1.807, 2.05) is 43.3 Å². The minimum atomic E-state index is -0.108. The van der Waals surface area contributed by atoms with Crippen LogP contribution in [0.1, 0.15) is 29.4 Å². The number of ether oxygens (including phenoxy) is 1. The second-order valence-electron chi connectivity index (χ2n) is 6.79. The zero-order valence-electron chi connectivity index (χ0n) is 16.0. The van der Waals surface area contributed by atoms with Crippen LogP contribution >= 0.6 is 11.6 Å². The lowest BCUT2D eigenvalue weighted by Crippen LogP contribution is -2.03. The second kappa shape index (κ2) is 7.21. The van der Waals surface area contributed by atoms with Gasteiger partial charge in [0, 0.05) is 33.2 Å². The van der Waals surface area contributed by atoms with Crippen LogP contribution in [0.2, 0.25) is 5.02 Å². The fourth-order valence-corrected chi connectivity index (χ4v) is 3.83. The molecule has 0 bridgehead atoms. The molecule has 3 aromatic rings. The lowest BCUT2D eigenvalue weighted by Gasteiger charge is -2.11. The molecule has 2 heterocycles. The van der Waals surface area contributed by atoms with Crippen molar-refractivity contribution in [2.24, 2.45) is 0 Å². The Labute approximate surface area is 169 Å². The van der Waals surface area contributed by atoms with E-state index in [2.05, 4.69) is 29.8 Å². The number of fused-ring (bicyclic) bond motifs is 1. The maximum atomic E-state index is 12.5. The molecular formula is C23H21ClN2O2. The highest BCUT2D eigenvalue weighted by atomic mass is 35.5. The van der Waals surface area contributed by atoms with Gasteiger partial charge in [-0.15, -0.1) is 0 Å². The topological polar surface area (TPSA) is 43.3 Å². The molecule has 1 aliphatic heterocycles. The number of benzene rings is 2. The number of hydrogen-bond donors (Lipinski definition) is 1. The van der Waals surface area contributed by atoms with Gasteiger partial charge in [-0.25, -0.2) is 0 Å². The Kier molecular flexibility index (Phi) is 4.73. The van der Waals surface area contributed by atoms with Crippen molar-refractivity contribution in [3.63, 3.8) is 0 Å². The zero-order valence-corrected chi connectivity index (χ0v) is 16.8. The molecule has 0 saturated carbocycles. The van der Waals surface area contributed by atoms with Crippen molar-refractivity contribution in [3.05, 3.63) is 76.1 Å². The van der Waals surface area contributed by atoms with Gasteiger partial charge in [-0.2, -0.15) is 0 Å². The highest BCUT2D eigenvalue weighted by molar-refractivity contribution is 6.36. The molecule has 0 unspecified atom stereocenters. The largest absolute Gasteiger partial charge is 0.494 e. The van der Waals surface area contributed by atoms with Gasteiger partial charge in [0.1, 0.15) is 5.75 Å². The zero-order chi connectivity index (χ0) is 19.8. The normalized spacial score (nSPS) is 14.3. The number of aromatic nitrogens is 1. The Morgan fingerprint density at radius 1 is 1.11 bits per heavy atom. The summed E-state index contributed by atoms with van der Waals surface area (Å²) in [6, 6.07) is 15.6. The lowest BCUT2D eigenvalue weighted by atomic mass is 10.0. The molecule has 0 radical (unpaired) electrons. The number of hydrogen-bond acceptors (Lipinski definition) is 2. The number of nitrogens with one attached hydrogen (secondary N) is 1. The van der Waals surface area contributed by atoms with E-state index in [0.29, 0.717) is 17.2 Å². The van der Waals surface area contributed by atoms with Gasteiger partial charge in [-0.3, -0.25) is 4.79 Å². The van der Waals surface area contributed by atoms with Crippen molar-refractivity contribution < 1.29 is 9.53 Å². The average molecular weight is 393 g/mol. The van der Waals surface area contributed by atoms with E-state index < -0.39 is 0 Å². The summed E-state index contributed by atoms with van der Waals surface area (Å²) >= 11 is 6.04. The monoisotopic (exact) mass is 392 g/mol. The maximum Gasteiger partial charge on any atom is 0.256 e. The first kappa shape index (κ1) is 18.4. The smallest absolute Gasteiger partial charge is 0.256 e. The quantitative estimate of drug-likeness (QED) is 0.584. The van der Waals surface area contributed by atoms with Crippen LogP contribution in [0.25, 0.3) is 17.3 Å². The van der Waals surface area contributed by atoms with E-state index in [9.17, 15) is 4.79 Å². The van der Waals surface area contributed by atoms with Crippen LogP contribution in [0.4, 0.5) is 5.69 Å². The average Bonchev–Trinajstić information content (AvgIpc) is 3.12. The highest BCUT2D eigenvalue weighted by Crippen LogP contribution is 2.36. The number of amides is 1. The molecule has 5 heteroatoms. The molecule has 4 rings (SSSR count). The number of carbonyl (C=O) groups excluding carboxylic acids is 1. The minimum absolute atomic E-state index is 0.108. The van der Waals surface area contributed by atoms with Crippen LogP contribution in [0.5, 0.6) is 5.75 Å². The number of anilines is 1. The van der Waals surface area contributed by atoms with Gasteiger partial charge in [0.2, 0.25) is 0 Å². The van der Waals surface area contributed by atoms with Crippen LogP contribution in [0, 0.1) is 13.8 Å². The predicted octanol–water partition coefficient (Wildman–Crippen LogP) is 5.64. The predicted molar refractivity (Wildman–Crippen MR) is 114 cm³/mol. The standard InChI is InChI=1S/C23H21ClN2O2/c1-4-28-19-8-6-18(7-9-19)26-14(2)11-16(15(26)3)12-21-20-10-5-17(24)13-22(20)25-23(21)27/h5-13H,4H2,1-3H3,(H,25,27)/b21-12-. The Morgan fingerprint density at radius 3 is 2.57 bits per heavy atom. The molecule has 0 atom stereocenters. The third-order valence-electron chi connectivity index (χ3n) is 4.94. The van der Waals surface area contributed by atoms with Crippen LogP contribution in [-0.4, -0.2) is 17.1 Å². The molecule has 2 aromatic carbocycles. The molecule has 4 nitrogen and oxygen atoms in total. The van der Waals surface area contributed by atoms with Crippen molar-refractivity contribution in [1.29, 1.82) is 0 Å². The number of rotatable bonds is 4. The van der Waals surface area contributed by atoms with Gasteiger partial charge in [-0.05, 0) is 74.9 Å². The summed E-state index contributed by atoms with van der Waals surface area (Å²) in [5.74, 6) is 0.747. The Bertz CT molecular complexity index is 1090. The summed E-state index contributed by atoms with van der Waals surface area (Å²) in [7, 11) is 0. The molecule has 0 aliphatic carbocycles. The number of halogens is 1. The first-order valence-electron chi connectivity index (χ1n) is 9.23. The van der Waals surface area contributed by atoms with E-state index in [-0.39, 0.29) is 5.91 Å². The molecule has 0 fully saturated rings. The number of carbonyl (C=O) groups is 1. The van der Waals surface area contributed by atoms with Gasteiger partial charge < -0.3 is 14.6 Å². The fourth-order valence-electron chi connectivity index (χ4n) is 3.65. The summed E-state index contributed by atoms with van der Waals surface area (Å²) in [5.41, 5.74) is 6.53. The van der Waals surface area contributed by atoms with Crippen molar-refractivity contribution in [3.8, 4) is 11.4 Å². The molecule has 142 valence electrons. The van der Waals surface area contributed by atoms with Crippen molar-refractivity contribution >= 4 is 34.8 Å². The summed E-state index contributed by atoms with van der Waals surface area (Å²) in [6.45, 7) is 6.74. The molecular weight excluding hydrogens is 372 g/mol. The minimum Gasteiger partial charge on any atom is -0.494 e. The maximum absolute atomic E-state index is 12.5. The molecule has 1 aromatic heterocycles. The summed E-state index contributed by atoms with van der Waals surface area (Å²) in [5, 5.41) is 3.49. The molecule has 28 heavy (non-hydrogen) atoms. The third kappa shape index (κ3) is 3.20. The first-order chi connectivity index (χ1) is 13.5. The van der Waals surface area contributed by atoms with Crippen LogP contribution in [0.15, 0.2) is 48.5 Å². The Balaban J connectivity index is 1.74. The third-order valence-corrected chi connectivity index (χ3v) is 5.18. The summed E-state index contributed by atoms with van der Waals surface area (Å²) in [4.78, 5) is 12.5.